The molecule has 0 aliphatic carbocycles. The lowest BCUT2D eigenvalue weighted by molar-refractivity contribution is 0.107. The Morgan fingerprint density at radius 1 is 1.42 bits per heavy atom. The number of rotatable bonds is 0. The lowest BCUT2D eigenvalue weighted by atomic mass is 9.99. The molecule has 2 aliphatic heterocycles. The predicted molar refractivity (Wildman–Crippen MR) is 46.6 cm³/mol. The van der Waals surface area contributed by atoms with Gasteiger partial charge in [0.2, 0.25) is 0 Å². The van der Waals surface area contributed by atoms with Crippen molar-refractivity contribution in [1.82, 2.24) is 10.2 Å². The average molecular weight is 165 g/mol. The first-order valence-corrected chi connectivity index (χ1v) is 4.77. The third kappa shape index (κ3) is 1.45. The summed E-state index contributed by atoms with van der Waals surface area (Å²) in [5.41, 5.74) is 0. The normalized spacial score (nSPS) is 36.9. The van der Waals surface area contributed by atoms with Crippen molar-refractivity contribution in [2.75, 3.05) is 19.6 Å². The summed E-state index contributed by atoms with van der Waals surface area (Å²) in [7, 11) is 0. The van der Waals surface area contributed by atoms with E-state index in [-0.39, 0.29) is 6.04 Å². The van der Waals surface area contributed by atoms with Gasteiger partial charge in [-0.25, -0.2) is 0 Å². The van der Waals surface area contributed by atoms with Crippen LogP contribution in [0.5, 0.6) is 0 Å². The summed E-state index contributed by atoms with van der Waals surface area (Å²) in [5, 5.41) is 12.0. The highest BCUT2D eigenvalue weighted by molar-refractivity contribution is 4.98. The van der Waals surface area contributed by atoms with Crippen molar-refractivity contribution in [3.63, 3.8) is 0 Å². The fourth-order valence-corrected chi connectivity index (χ4v) is 2.20. The monoisotopic (exact) mass is 165 g/mol. The SMILES string of the molecule is N#C[C@@H]1CN2CCCC[C@H]2CN1. The van der Waals surface area contributed by atoms with Crippen LogP contribution in [0.1, 0.15) is 19.3 Å². The summed E-state index contributed by atoms with van der Waals surface area (Å²) >= 11 is 0. The van der Waals surface area contributed by atoms with E-state index in [1.165, 1.54) is 25.8 Å². The van der Waals surface area contributed by atoms with Crippen LogP contribution in [0.2, 0.25) is 0 Å². The van der Waals surface area contributed by atoms with Crippen molar-refractivity contribution in [3.05, 3.63) is 0 Å². The van der Waals surface area contributed by atoms with Crippen molar-refractivity contribution in [3.8, 4) is 6.07 Å². The molecule has 3 nitrogen and oxygen atoms in total. The van der Waals surface area contributed by atoms with E-state index in [1.54, 1.807) is 0 Å². The van der Waals surface area contributed by atoms with E-state index >= 15 is 0 Å². The maximum Gasteiger partial charge on any atom is 0.108 e. The van der Waals surface area contributed by atoms with Gasteiger partial charge in [-0.15, -0.1) is 0 Å². The molecule has 0 saturated carbocycles. The summed E-state index contributed by atoms with van der Waals surface area (Å²) in [6, 6.07) is 3.06. The number of piperidine rings is 1. The second-order valence-electron chi connectivity index (χ2n) is 3.73. The fraction of sp³-hybridized carbons (Fsp3) is 0.889. The number of nitrogens with zero attached hydrogens (tertiary/aromatic N) is 2. The van der Waals surface area contributed by atoms with Gasteiger partial charge in [0.1, 0.15) is 6.04 Å². The third-order valence-corrected chi connectivity index (χ3v) is 2.92. The number of fused-ring (bicyclic) bond motifs is 1. The fourth-order valence-electron chi connectivity index (χ4n) is 2.20. The summed E-state index contributed by atoms with van der Waals surface area (Å²) < 4.78 is 0. The molecule has 2 atom stereocenters. The largest absolute Gasteiger partial charge is 0.299 e. The maximum absolute atomic E-state index is 8.74. The molecule has 0 aromatic heterocycles. The molecule has 0 aromatic carbocycles. The van der Waals surface area contributed by atoms with Crippen molar-refractivity contribution < 1.29 is 0 Å². The van der Waals surface area contributed by atoms with Gasteiger partial charge in [0, 0.05) is 19.1 Å². The van der Waals surface area contributed by atoms with Crippen LogP contribution in [0.15, 0.2) is 0 Å². The van der Waals surface area contributed by atoms with E-state index in [4.69, 9.17) is 5.26 Å². The van der Waals surface area contributed by atoms with Crippen molar-refractivity contribution >= 4 is 0 Å². The van der Waals surface area contributed by atoms with Gasteiger partial charge in [-0.3, -0.25) is 10.2 Å². The Morgan fingerprint density at radius 3 is 3.17 bits per heavy atom. The number of nitriles is 1. The van der Waals surface area contributed by atoms with Gasteiger partial charge < -0.3 is 0 Å². The molecule has 0 aromatic rings. The number of nitrogens with one attached hydrogen (secondary N) is 1. The Labute approximate surface area is 73.3 Å². The predicted octanol–water partition coefficient (Wildman–Crippen LogP) is 0.336. The van der Waals surface area contributed by atoms with Crippen LogP contribution in [0.4, 0.5) is 0 Å². The van der Waals surface area contributed by atoms with Gasteiger partial charge in [0.05, 0.1) is 6.07 Å². The minimum Gasteiger partial charge on any atom is -0.299 e. The molecule has 3 heteroatoms. The molecule has 0 amide bonds. The molecule has 0 bridgehead atoms. The summed E-state index contributed by atoms with van der Waals surface area (Å²) in [5.74, 6) is 0. The highest BCUT2D eigenvalue weighted by Gasteiger charge is 2.29. The summed E-state index contributed by atoms with van der Waals surface area (Å²) in [6.45, 7) is 3.14. The number of hydrogen-bond acceptors (Lipinski definition) is 3. The molecule has 0 unspecified atom stereocenters. The van der Waals surface area contributed by atoms with Gasteiger partial charge in [0.25, 0.3) is 0 Å². The van der Waals surface area contributed by atoms with Crippen LogP contribution < -0.4 is 5.32 Å². The third-order valence-electron chi connectivity index (χ3n) is 2.92. The molecular formula is C9H15N3. The summed E-state index contributed by atoms with van der Waals surface area (Å²) in [6.07, 6.45) is 3.99. The van der Waals surface area contributed by atoms with Gasteiger partial charge in [-0.2, -0.15) is 5.26 Å². The van der Waals surface area contributed by atoms with Crippen molar-refractivity contribution in [2.45, 2.75) is 31.3 Å². The van der Waals surface area contributed by atoms with Crippen LogP contribution in [0.25, 0.3) is 0 Å². The molecule has 0 spiro atoms. The van der Waals surface area contributed by atoms with Crippen LogP contribution in [0, 0.1) is 11.3 Å². The topological polar surface area (TPSA) is 39.1 Å². The molecule has 1 N–H and O–H groups in total. The molecule has 2 fully saturated rings. The van der Waals surface area contributed by atoms with E-state index in [0.29, 0.717) is 6.04 Å². The molecule has 12 heavy (non-hydrogen) atoms. The van der Waals surface area contributed by atoms with Crippen LogP contribution in [-0.4, -0.2) is 36.6 Å². The second-order valence-corrected chi connectivity index (χ2v) is 3.73. The van der Waals surface area contributed by atoms with Gasteiger partial charge in [0.15, 0.2) is 0 Å². The Hall–Kier alpha value is -0.590. The van der Waals surface area contributed by atoms with Crippen molar-refractivity contribution in [1.29, 1.82) is 5.26 Å². The Morgan fingerprint density at radius 2 is 2.33 bits per heavy atom. The minimum atomic E-state index is 0.0688. The van der Waals surface area contributed by atoms with Gasteiger partial charge in [-0.1, -0.05) is 6.42 Å². The number of hydrogen-bond donors (Lipinski definition) is 1. The smallest absolute Gasteiger partial charge is 0.108 e. The lowest BCUT2D eigenvalue weighted by Crippen LogP contribution is -2.57. The molecule has 0 radical (unpaired) electrons. The van der Waals surface area contributed by atoms with E-state index in [1.807, 2.05) is 0 Å². The zero-order chi connectivity index (χ0) is 8.39. The van der Waals surface area contributed by atoms with Crippen LogP contribution in [0.3, 0.4) is 0 Å². The Kier molecular flexibility index (Phi) is 2.29. The quantitative estimate of drug-likeness (QED) is 0.562. The second kappa shape index (κ2) is 3.42. The minimum absolute atomic E-state index is 0.0688. The molecule has 2 rings (SSSR count). The first kappa shape index (κ1) is 8.03. The molecule has 2 heterocycles. The number of piperazine rings is 1. The lowest BCUT2D eigenvalue weighted by Gasteiger charge is -2.41. The van der Waals surface area contributed by atoms with E-state index in [2.05, 4.69) is 16.3 Å². The molecule has 2 aliphatic rings. The summed E-state index contributed by atoms with van der Waals surface area (Å²) in [4.78, 5) is 2.47. The van der Waals surface area contributed by atoms with Gasteiger partial charge >= 0.3 is 0 Å². The first-order valence-electron chi connectivity index (χ1n) is 4.77. The molecule has 2 saturated heterocycles. The highest BCUT2D eigenvalue weighted by atomic mass is 15.2. The zero-order valence-corrected chi connectivity index (χ0v) is 7.29. The maximum atomic E-state index is 8.74. The van der Waals surface area contributed by atoms with E-state index in [9.17, 15) is 0 Å². The van der Waals surface area contributed by atoms with E-state index < -0.39 is 0 Å². The first-order chi connectivity index (χ1) is 5.90. The van der Waals surface area contributed by atoms with Gasteiger partial charge in [-0.05, 0) is 19.4 Å². The molecule has 66 valence electrons. The zero-order valence-electron chi connectivity index (χ0n) is 7.29. The van der Waals surface area contributed by atoms with Crippen LogP contribution >= 0.6 is 0 Å². The molecular weight excluding hydrogens is 150 g/mol. The standard InChI is InChI=1S/C9H15N3/c10-5-8-7-12-4-2-1-3-9(12)6-11-8/h8-9,11H,1-4,6-7H2/t8-,9+/m1/s1. The van der Waals surface area contributed by atoms with Crippen molar-refractivity contribution in [2.24, 2.45) is 0 Å². The van der Waals surface area contributed by atoms with Crippen LogP contribution in [-0.2, 0) is 0 Å². The Balaban J connectivity index is 1.95. The average Bonchev–Trinajstić information content (AvgIpc) is 2.17. The highest BCUT2D eigenvalue weighted by Crippen LogP contribution is 2.18. The van der Waals surface area contributed by atoms with E-state index in [0.717, 1.165) is 13.1 Å². The Bertz CT molecular complexity index is 196.